The topological polar surface area (TPSA) is 29.9 Å². The highest BCUT2D eigenvalue weighted by Gasteiger charge is 2.11. The van der Waals surface area contributed by atoms with Crippen LogP contribution in [0.5, 0.6) is 5.75 Å². The molecule has 0 bridgehead atoms. The van der Waals surface area contributed by atoms with Gasteiger partial charge in [-0.1, -0.05) is 0 Å². The van der Waals surface area contributed by atoms with Crippen LogP contribution in [-0.2, 0) is 6.54 Å². The van der Waals surface area contributed by atoms with Gasteiger partial charge in [-0.05, 0) is 31.3 Å². The fourth-order valence-corrected chi connectivity index (χ4v) is 3.35. The summed E-state index contributed by atoms with van der Waals surface area (Å²) in [5.41, 5.74) is 1.53. The lowest BCUT2D eigenvalue weighted by atomic mass is 10.3. The number of hydrogen-bond acceptors (Lipinski definition) is 3. The second-order valence-corrected chi connectivity index (χ2v) is 6.29. The van der Waals surface area contributed by atoms with Crippen molar-refractivity contribution < 1.29 is 9.13 Å². The van der Waals surface area contributed by atoms with E-state index in [2.05, 4.69) is 24.0 Å². The van der Waals surface area contributed by atoms with Crippen LogP contribution < -0.4 is 4.74 Å². The largest absolute Gasteiger partial charge is 0.494 e. The minimum Gasteiger partial charge on any atom is -0.494 e. The number of rotatable bonds is 3. The van der Waals surface area contributed by atoms with Gasteiger partial charge in [0.2, 0.25) is 0 Å². The molecule has 1 aromatic carbocycles. The highest BCUT2D eigenvalue weighted by molar-refractivity contribution is 7.71. The van der Waals surface area contributed by atoms with E-state index >= 15 is 0 Å². The molecule has 0 spiro atoms. The molecule has 0 atom stereocenters. The van der Waals surface area contributed by atoms with E-state index in [1.54, 1.807) is 17.4 Å². The van der Waals surface area contributed by atoms with Gasteiger partial charge in [-0.3, -0.25) is 0 Å². The molecule has 3 rings (SSSR count). The third kappa shape index (κ3) is 2.25. The Morgan fingerprint density at radius 1 is 1.40 bits per heavy atom. The van der Waals surface area contributed by atoms with Gasteiger partial charge in [0.05, 0.1) is 24.7 Å². The van der Waals surface area contributed by atoms with Gasteiger partial charge >= 0.3 is 0 Å². The van der Waals surface area contributed by atoms with Crippen LogP contribution in [0.3, 0.4) is 0 Å². The zero-order valence-electron chi connectivity index (χ0n) is 11.1. The molecule has 20 heavy (non-hydrogen) atoms. The van der Waals surface area contributed by atoms with E-state index in [9.17, 15) is 4.39 Å². The molecule has 0 amide bonds. The van der Waals surface area contributed by atoms with Crippen molar-refractivity contribution in [3.05, 3.63) is 44.6 Å². The summed E-state index contributed by atoms with van der Waals surface area (Å²) in [6.45, 7) is 2.74. The van der Waals surface area contributed by atoms with Crippen molar-refractivity contribution >= 4 is 34.6 Å². The van der Waals surface area contributed by atoms with Gasteiger partial charge < -0.3 is 14.3 Å². The van der Waals surface area contributed by atoms with Gasteiger partial charge in [0.25, 0.3) is 0 Å². The monoisotopic (exact) mass is 308 g/mol. The summed E-state index contributed by atoms with van der Waals surface area (Å²) in [5.74, 6) is -0.169. The summed E-state index contributed by atoms with van der Waals surface area (Å²) in [6.07, 6.45) is 0. The number of aryl methyl sites for hydroxylation is 1. The number of thiophene rings is 1. The fourth-order valence-electron chi connectivity index (χ4n) is 2.20. The molecule has 0 aliphatic carbocycles. The van der Waals surface area contributed by atoms with E-state index in [0.717, 1.165) is 5.52 Å². The Morgan fingerprint density at radius 2 is 2.20 bits per heavy atom. The molecule has 2 heterocycles. The van der Waals surface area contributed by atoms with Gasteiger partial charge in [0.15, 0.2) is 16.3 Å². The Bertz CT molecular complexity index is 831. The van der Waals surface area contributed by atoms with Crippen LogP contribution in [0.1, 0.15) is 9.75 Å². The fraction of sp³-hybridized carbons (Fsp3) is 0.214. The number of hydrogen-bond donors (Lipinski definition) is 1. The third-order valence-corrected chi connectivity index (χ3v) is 4.47. The average Bonchev–Trinajstić information content (AvgIpc) is 2.94. The van der Waals surface area contributed by atoms with Gasteiger partial charge in [-0.15, -0.1) is 11.3 Å². The Balaban J connectivity index is 2.14. The average molecular weight is 308 g/mol. The molecular weight excluding hydrogens is 295 g/mol. The maximum Gasteiger partial charge on any atom is 0.178 e. The van der Waals surface area contributed by atoms with Crippen molar-refractivity contribution in [3.8, 4) is 5.75 Å². The summed E-state index contributed by atoms with van der Waals surface area (Å²) in [6, 6.07) is 7.26. The Labute approximate surface area is 124 Å². The molecular formula is C14H13FN2OS2. The predicted octanol–water partition coefficient (Wildman–Crippen LogP) is 4.26. The van der Waals surface area contributed by atoms with Gasteiger partial charge in [0, 0.05) is 21.9 Å². The number of methoxy groups -OCH3 is 1. The smallest absolute Gasteiger partial charge is 0.178 e. The number of aromatic nitrogens is 2. The summed E-state index contributed by atoms with van der Waals surface area (Å²) in [4.78, 5) is 5.50. The van der Waals surface area contributed by atoms with Crippen LogP contribution >= 0.6 is 23.6 Å². The number of H-pyrrole nitrogens is 1. The SMILES string of the molecule is COc1cc2c(cc1F)[nH]c(=S)n2Cc1ccc(C)s1. The van der Waals surface area contributed by atoms with Crippen LogP contribution in [0.15, 0.2) is 24.3 Å². The maximum absolute atomic E-state index is 13.7. The summed E-state index contributed by atoms with van der Waals surface area (Å²) in [5, 5.41) is 0. The first kappa shape index (κ1) is 13.3. The second kappa shape index (κ2) is 5.03. The lowest BCUT2D eigenvalue weighted by Crippen LogP contribution is -1.98. The summed E-state index contributed by atoms with van der Waals surface area (Å²) in [7, 11) is 1.46. The molecule has 3 nitrogen and oxygen atoms in total. The number of aromatic amines is 1. The minimum atomic E-state index is -0.393. The van der Waals surface area contributed by atoms with Crippen molar-refractivity contribution in [2.45, 2.75) is 13.5 Å². The molecule has 3 aromatic rings. The normalized spacial score (nSPS) is 11.2. The molecule has 0 unspecified atom stereocenters. The molecule has 0 radical (unpaired) electrons. The summed E-state index contributed by atoms with van der Waals surface area (Å²) < 4.78 is 21.3. The van der Waals surface area contributed by atoms with E-state index in [0.29, 0.717) is 16.8 Å². The predicted molar refractivity (Wildman–Crippen MR) is 81.8 cm³/mol. The Kier molecular flexibility index (Phi) is 3.35. The maximum atomic E-state index is 13.7. The van der Waals surface area contributed by atoms with Crippen LogP contribution in [0.4, 0.5) is 4.39 Å². The van der Waals surface area contributed by atoms with Gasteiger partial charge in [0.1, 0.15) is 0 Å². The molecule has 0 saturated heterocycles. The molecule has 6 heteroatoms. The van der Waals surface area contributed by atoms with Crippen LogP contribution in [-0.4, -0.2) is 16.7 Å². The van der Waals surface area contributed by atoms with E-state index in [1.807, 2.05) is 4.57 Å². The molecule has 1 N–H and O–H groups in total. The van der Waals surface area contributed by atoms with E-state index in [1.165, 1.54) is 22.9 Å². The molecule has 2 aromatic heterocycles. The first-order chi connectivity index (χ1) is 9.58. The lowest BCUT2D eigenvalue weighted by molar-refractivity contribution is 0.387. The molecule has 0 aliphatic heterocycles. The number of imidazole rings is 1. The first-order valence-corrected chi connectivity index (χ1v) is 7.32. The van der Waals surface area contributed by atoms with Crippen molar-refractivity contribution in [1.29, 1.82) is 0 Å². The Hall–Kier alpha value is -1.66. The van der Waals surface area contributed by atoms with E-state index in [4.69, 9.17) is 17.0 Å². The molecule has 104 valence electrons. The van der Waals surface area contributed by atoms with Crippen LogP contribution in [0.2, 0.25) is 0 Å². The van der Waals surface area contributed by atoms with Crippen LogP contribution in [0, 0.1) is 17.5 Å². The zero-order chi connectivity index (χ0) is 14.3. The highest BCUT2D eigenvalue weighted by atomic mass is 32.1. The highest BCUT2D eigenvalue weighted by Crippen LogP contribution is 2.26. The van der Waals surface area contributed by atoms with Crippen LogP contribution in [0.25, 0.3) is 11.0 Å². The minimum absolute atomic E-state index is 0.225. The zero-order valence-corrected chi connectivity index (χ0v) is 12.7. The number of halogens is 1. The number of benzene rings is 1. The van der Waals surface area contributed by atoms with Crippen molar-refractivity contribution in [2.75, 3.05) is 7.11 Å². The van der Waals surface area contributed by atoms with Gasteiger partial charge in [-0.25, -0.2) is 4.39 Å². The number of fused-ring (bicyclic) bond motifs is 1. The molecule has 0 fully saturated rings. The molecule has 0 aliphatic rings. The first-order valence-electron chi connectivity index (χ1n) is 6.10. The molecule has 0 saturated carbocycles. The van der Waals surface area contributed by atoms with Crippen molar-refractivity contribution in [2.24, 2.45) is 0 Å². The third-order valence-electron chi connectivity index (χ3n) is 3.16. The number of nitrogens with one attached hydrogen (secondary N) is 1. The van der Waals surface area contributed by atoms with Crippen molar-refractivity contribution in [3.63, 3.8) is 0 Å². The summed E-state index contributed by atoms with van der Waals surface area (Å²) >= 11 is 7.06. The number of ether oxygens (including phenoxy) is 1. The van der Waals surface area contributed by atoms with E-state index in [-0.39, 0.29) is 5.75 Å². The van der Waals surface area contributed by atoms with Crippen molar-refractivity contribution in [1.82, 2.24) is 9.55 Å². The quantitative estimate of drug-likeness (QED) is 0.733. The standard InChI is InChI=1S/C14H13FN2OS2/c1-8-3-4-9(20-8)7-17-12-6-13(18-2)10(15)5-11(12)16-14(17)19/h3-6H,7H2,1-2H3,(H,16,19). The lowest BCUT2D eigenvalue weighted by Gasteiger charge is -2.05. The van der Waals surface area contributed by atoms with Gasteiger partial charge in [-0.2, -0.15) is 0 Å². The Morgan fingerprint density at radius 3 is 2.85 bits per heavy atom. The number of nitrogens with zero attached hydrogens (tertiary/aromatic N) is 1. The second-order valence-electron chi connectivity index (χ2n) is 4.53. The van der Waals surface area contributed by atoms with E-state index < -0.39 is 5.82 Å².